The van der Waals surface area contributed by atoms with Crippen molar-refractivity contribution in [2.24, 2.45) is 11.8 Å². The maximum Gasteiger partial charge on any atom is 0.472 e. The van der Waals surface area contributed by atoms with Crippen molar-refractivity contribution in [3.63, 3.8) is 0 Å². The van der Waals surface area contributed by atoms with Gasteiger partial charge in [-0.15, -0.1) is 0 Å². The van der Waals surface area contributed by atoms with Crippen molar-refractivity contribution in [1.82, 2.24) is 0 Å². The molecule has 0 aromatic rings. The molecule has 0 spiro atoms. The van der Waals surface area contributed by atoms with Crippen LogP contribution in [0.1, 0.15) is 420 Å². The first-order valence-corrected chi connectivity index (χ1v) is 44.6. The molecule has 0 aromatic carbocycles. The Morgan fingerprint density at radius 2 is 0.485 bits per heavy atom. The minimum absolute atomic E-state index is 0.107. The Bertz CT molecular complexity index is 1910. The first-order chi connectivity index (χ1) is 47.9. The lowest BCUT2D eigenvalue weighted by Gasteiger charge is -2.21. The quantitative estimate of drug-likeness (QED) is 0.0222. The van der Waals surface area contributed by atoms with Crippen LogP contribution in [0.25, 0.3) is 0 Å². The van der Waals surface area contributed by atoms with E-state index in [-0.39, 0.29) is 25.7 Å². The molecular formula is C80H156O17P2. The summed E-state index contributed by atoms with van der Waals surface area (Å²) in [4.78, 5) is 72.9. The van der Waals surface area contributed by atoms with Gasteiger partial charge in [0.2, 0.25) is 0 Å². The zero-order chi connectivity index (χ0) is 72.8. The third kappa shape index (κ3) is 71.5. The van der Waals surface area contributed by atoms with Crippen LogP contribution < -0.4 is 0 Å². The highest BCUT2D eigenvalue weighted by Gasteiger charge is 2.30. The molecule has 99 heavy (non-hydrogen) atoms. The molecule has 0 saturated heterocycles. The summed E-state index contributed by atoms with van der Waals surface area (Å²) < 4.78 is 68.6. The van der Waals surface area contributed by atoms with Crippen LogP contribution in [0.5, 0.6) is 0 Å². The van der Waals surface area contributed by atoms with E-state index >= 15 is 0 Å². The van der Waals surface area contributed by atoms with E-state index in [1.165, 1.54) is 231 Å². The van der Waals surface area contributed by atoms with Gasteiger partial charge in [0.05, 0.1) is 26.4 Å². The molecule has 0 bridgehead atoms. The van der Waals surface area contributed by atoms with Crippen LogP contribution in [-0.4, -0.2) is 96.7 Å². The molecule has 0 rings (SSSR count). The van der Waals surface area contributed by atoms with E-state index in [9.17, 15) is 43.2 Å². The van der Waals surface area contributed by atoms with Crippen LogP contribution in [-0.2, 0) is 65.4 Å². The third-order valence-corrected chi connectivity index (χ3v) is 21.3. The average Bonchev–Trinajstić information content (AvgIpc) is 1.03. The van der Waals surface area contributed by atoms with Crippen molar-refractivity contribution in [2.75, 3.05) is 39.6 Å². The number of phosphoric acid groups is 2. The summed E-state index contributed by atoms with van der Waals surface area (Å²) in [6.45, 7) is 9.61. The highest BCUT2D eigenvalue weighted by molar-refractivity contribution is 7.47. The number of rotatable bonds is 79. The van der Waals surface area contributed by atoms with Gasteiger partial charge < -0.3 is 33.8 Å². The van der Waals surface area contributed by atoms with E-state index in [1.54, 1.807) is 0 Å². The van der Waals surface area contributed by atoms with Gasteiger partial charge in [-0.1, -0.05) is 369 Å². The number of carbonyl (C=O) groups is 4. The summed E-state index contributed by atoms with van der Waals surface area (Å²) >= 11 is 0. The zero-order valence-corrected chi connectivity index (χ0v) is 66.6. The summed E-state index contributed by atoms with van der Waals surface area (Å²) in [6.07, 6.45) is 61.1. The summed E-state index contributed by atoms with van der Waals surface area (Å²) in [5.74, 6) is -0.572. The number of ether oxygens (including phenoxy) is 4. The Labute approximate surface area is 607 Å². The number of hydrogen-bond donors (Lipinski definition) is 3. The first kappa shape index (κ1) is 97.1. The molecule has 0 amide bonds. The molecule has 0 radical (unpaired) electrons. The first-order valence-electron chi connectivity index (χ1n) is 41.6. The van der Waals surface area contributed by atoms with E-state index in [0.717, 1.165) is 108 Å². The second-order valence-corrected chi connectivity index (χ2v) is 32.2. The zero-order valence-electron chi connectivity index (χ0n) is 64.8. The minimum atomic E-state index is -4.96. The molecular weight excluding hydrogens is 1290 g/mol. The van der Waals surface area contributed by atoms with Crippen LogP contribution in [0.15, 0.2) is 0 Å². The molecule has 0 heterocycles. The number of aliphatic hydroxyl groups is 1. The second-order valence-electron chi connectivity index (χ2n) is 29.3. The number of unbranched alkanes of at least 4 members (excludes halogenated alkanes) is 47. The van der Waals surface area contributed by atoms with Gasteiger partial charge in [-0.3, -0.25) is 37.3 Å². The van der Waals surface area contributed by atoms with Crippen molar-refractivity contribution in [3.05, 3.63) is 0 Å². The number of esters is 4. The summed E-state index contributed by atoms with van der Waals surface area (Å²) in [5, 5.41) is 10.6. The fourth-order valence-corrected chi connectivity index (χ4v) is 13.9. The van der Waals surface area contributed by atoms with Crippen molar-refractivity contribution in [1.29, 1.82) is 0 Å². The lowest BCUT2D eigenvalue weighted by atomic mass is 9.99. The maximum atomic E-state index is 13.1. The monoisotopic (exact) mass is 1450 g/mol. The lowest BCUT2D eigenvalue weighted by molar-refractivity contribution is -0.161. The van der Waals surface area contributed by atoms with E-state index in [2.05, 4.69) is 41.5 Å². The minimum Gasteiger partial charge on any atom is -0.462 e. The van der Waals surface area contributed by atoms with Gasteiger partial charge in [0.1, 0.15) is 19.3 Å². The standard InChI is InChI=1S/C80H156O17P2/c1-7-11-13-15-17-19-21-23-24-25-26-27-28-29-30-31-33-35-41-45-53-59-65-79(84)96-75(68-90-77(82)62-56-50-43-39-37-36-38-42-48-54-60-72(5)9-3)70-94-98(86,87)92-66-74(81)67-93-99(88,89)95-71-76(69-91-78(83)63-57-51-47-46-49-55-61-73(6)10-4)97-80(85)64-58-52-44-40-34-32-22-20-18-16-14-12-8-2/h72-76,81H,7-71H2,1-6H3,(H,86,87)(H,88,89)/t72?,73?,74-,75-,76-/m1/s1. The predicted octanol–water partition coefficient (Wildman–Crippen LogP) is 23.9. The lowest BCUT2D eigenvalue weighted by Crippen LogP contribution is -2.30. The summed E-state index contributed by atoms with van der Waals surface area (Å²) in [7, 11) is -9.92. The van der Waals surface area contributed by atoms with Gasteiger partial charge in [-0.25, -0.2) is 9.13 Å². The molecule has 4 unspecified atom stereocenters. The van der Waals surface area contributed by atoms with Gasteiger partial charge in [0, 0.05) is 25.7 Å². The Balaban J connectivity index is 5.21. The molecule has 0 aliphatic heterocycles. The van der Waals surface area contributed by atoms with Crippen LogP contribution in [0.4, 0.5) is 0 Å². The second kappa shape index (κ2) is 71.7. The Kier molecular flexibility index (Phi) is 70.3. The molecule has 7 atom stereocenters. The Morgan fingerprint density at radius 3 is 0.717 bits per heavy atom. The molecule has 588 valence electrons. The highest BCUT2D eigenvalue weighted by Crippen LogP contribution is 2.45. The van der Waals surface area contributed by atoms with Gasteiger partial charge in [0.15, 0.2) is 12.2 Å². The molecule has 0 aliphatic rings. The molecule has 17 nitrogen and oxygen atoms in total. The Hall–Kier alpha value is -1.94. The normalized spacial score (nSPS) is 14.5. The van der Waals surface area contributed by atoms with E-state index in [4.69, 9.17) is 37.0 Å². The van der Waals surface area contributed by atoms with Crippen molar-refractivity contribution in [2.45, 2.75) is 439 Å². The molecule has 0 fully saturated rings. The van der Waals surface area contributed by atoms with Gasteiger partial charge in [0.25, 0.3) is 0 Å². The van der Waals surface area contributed by atoms with Gasteiger partial charge >= 0.3 is 39.5 Å². The fraction of sp³-hybridized carbons (Fsp3) is 0.950. The molecule has 19 heteroatoms. The smallest absolute Gasteiger partial charge is 0.462 e. The molecule has 0 aliphatic carbocycles. The number of aliphatic hydroxyl groups excluding tert-OH is 1. The van der Waals surface area contributed by atoms with Gasteiger partial charge in [-0.2, -0.15) is 0 Å². The molecule has 3 N–H and O–H groups in total. The SMILES string of the molecule is CCCCCCCCCCCCCCCCCCCCCCCCC(=O)O[C@H](COC(=O)CCCCCCCCCCCCC(C)CC)COP(=O)(O)OC[C@@H](O)COP(=O)(O)OC[C@@H](COC(=O)CCCCCCCCC(C)CC)OC(=O)CCCCCCCCCCCCCCC. The van der Waals surface area contributed by atoms with E-state index in [1.807, 2.05) is 0 Å². The maximum absolute atomic E-state index is 13.1. The van der Waals surface area contributed by atoms with Crippen molar-refractivity contribution < 1.29 is 80.2 Å². The highest BCUT2D eigenvalue weighted by atomic mass is 31.2. The molecule has 0 saturated carbocycles. The van der Waals surface area contributed by atoms with Crippen molar-refractivity contribution in [3.8, 4) is 0 Å². The number of hydrogen-bond acceptors (Lipinski definition) is 15. The summed E-state index contributed by atoms with van der Waals surface area (Å²) in [5.41, 5.74) is 0. The Morgan fingerprint density at radius 1 is 0.283 bits per heavy atom. The van der Waals surface area contributed by atoms with Crippen LogP contribution in [0, 0.1) is 11.8 Å². The number of phosphoric ester groups is 2. The van der Waals surface area contributed by atoms with Crippen LogP contribution in [0.2, 0.25) is 0 Å². The van der Waals surface area contributed by atoms with Crippen LogP contribution in [0.3, 0.4) is 0 Å². The number of carbonyl (C=O) groups excluding carboxylic acids is 4. The predicted molar refractivity (Wildman–Crippen MR) is 405 cm³/mol. The third-order valence-electron chi connectivity index (χ3n) is 19.4. The van der Waals surface area contributed by atoms with Crippen molar-refractivity contribution >= 4 is 39.5 Å². The van der Waals surface area contributed by atoms with E-state index < -0.39 is 97.5 Å². The fourth-order valence-electron chi connectivity index (χ4n) is 12.3. The topological polar surface area (TPSA) is 237 Å². The van der Waals surface area contributed by atoms with Crippen LogP contribution >= 0.6 is 15.6 Å². The summed E-state index contributed by atoms with van der Waals surface area (Å²) in [6, 6.07) is 0. The van der Waals surface area contributed by atoms with Gasteiger partial charge in [-0.05, 0) is 37.5 Å². The van der Waals surface area contributed by atoms with E-state index in [0.29, 0.717) is 25.7 Å². The average molecular weight is 1450 g/mol. The largest absolute Gasteiger partial charge is 0.472 e. The molecule has 0 aromatic heterocycles.